The SMILES string of the molecule is N[C@H](c1ccc(Cl)c([N+](=O)[O-])c1)C1CCOCC1. The van der Waals surface area contributed by atoms with Crippen LogP contribution in [-0.2, 0) is 4.74 Å². The summed E-state index contributed by atoms with van der Waals surface area (Å²) < 4.78 is 5.28. The van der Waals surface area contributed by atoms with E-state index in [0.29, 0.717) is 19.1 Å². The molecule has 0 aliphatic carbocycles. The van der Waals surface area contributed by atoms with Gasteiger partial charge in [-0.2, -0.15) is 0 Å². The summed E-state index contributed by atoms with van der Waals surface area (Å²) in [6, 6.07) is 4.57. The van der Waals surface area contributed by atoms with Gasteiger partial charge in [-0.1, -0.05) is 17.7 Å². The zero-order valence-corrected chi connectivity index (χ0v) is 10.6. The molecule has 0 aromatic heterocycles. The molecule has 98 valence electrons. The molecule has 6 heteroatoms. The third-order valence-corrected chi connectivity index (χ3v) is 3.65. The van der Waals surface area contributed by atoms with E-state index in [1.54, 1.807) is 6.07 Å². The Kier molecular flexibility index (Phi) is 4.16. The molecule has 0 unspecified atom stereocenters. The summed E-state index contributed by atoms with van der Waals surface area (Å²) in [5, 5.41) is 11.0. The number of hydrogen-bond donors (Lipinski definition) is 1. The van der Waals surface area contributed by atoms with Crippen LogP contribution in [0.15, 0.2) is 18.2 Å². The van der Waals surface area contributed by atoms with Gasteiger partial charge in [-0.3, -0.25) is 10.1 Å². The molecule has 0 radical (unpaired) electrons. The molecule has 1 atom stereocenters. The van der Waals surface area contributed by atoms with Crippen molar-refractivity contribution in [2.45, 2.75) is 18.9 Å². The van der Waals surface area contributed by atoms with E-state index in [4.69, 9.17) is 22.1 Å². The van der Waals surface area contributed by atoms with Crippen LogP contribution in [-0.4, -0.2) is 18.1 Å². The van der Waals surface area contributed by atoms with Gasteiger partial charge in [0.15, 0.2) is 0 Å². The quantitative estimate of drug-likeness (QED) is 0.676. The zero-order chi connectivity index (χ0) is 13.1. The van der Waals surface area contributed by atoms with E-state index in [2.05, 4.69) is 0 Å². The van der Waals surface area contributed by atoms with Gasteiger partial charge in [0.2, 0.25) is 0 Å². The zero-order valence-electron chi connectivity index (χ0n) is 9.84. The number of ether oxygens (including phenoxy) is 1. The van der Waals surface area contributed by atoms with Crippen molar-refractivity contribution >= 4 is 17.3 Å². The van der Waals surface area contributed by atoms with Crippen molar-refractivity contribution in [3.05, 3.63) is 38.9 Å². The largest absolute Gasteiger partial charge is 0.381 e. The second kappa shape index (κ2) is 5.65. The molecule has 2 N–H and O–H groups in total. The molecule has 18 heavy (non-hydrogen) atoms. The molecule has 1 aromatic rings. The van der Waals surface area contributed by atoms with Gasteiger partial charge in [-0.25, -0.2) is 0 Å². The molecule has 0 spiro atoms. The van der Waals surface area contributed by atoms with Crippen LogP contribution in [0.2, 0.25) is 5.02 Å². The summed E-state index contributed by atoms with van der Waals surface area (Å²) in [4.78, 5) is 10.3. The van der Waals surface area contributed by atoms with Crippen LogP contribution in [0, 0.1) is 16.0 Å². The van der Waals surface area contributed by atoms with Crippen molar-refractivity contribution in [3.8, 4) is 0 Å². The second-order valence-corrected chi connectivity index (χ2v) is 4.85. The molecule has 1 aromatic carbocycles. The molecule has 0 saturated carbocycles. The lowest BCUT2D eigenvalue weighted by Gasteiger charge is -2.27. The fourth-order valence-corrected chi connectivity index (χ4v) is 2.41. The lowest BCUT2D eigenvalue weighted by atomic mass is 9.88. The predicted molar refractivity (Wildman–Crippen MR) is 68.6 cm³/mol. The average molecular weight is 271 g/mol. The second-order valence-electron chi connectivity index (χ2n) is 4.44. The molecular weight excluding hydrogens is 256 g/mol. The van der Waals surface area contributed by atoms with E-state index < -0.39 is 4.92 Å². The molecule has 5 nitrogen and oxygen atoms in total. The van der Waals surface area contributed by atoms with Crippen molar-refractivity contribution in [2.24, 2.45) is 11.7 Å². The summed E-state index contributed by atoms with van der Waals surface area (Å²) in [5.41, 5.74) is 6.84. The van der Waals surface area contributed by atoms with Crippen LogP contribution in [0.5, 0.6) is 0 Å². The summed E-state index contributed by atoms with van der Waals surface area (Å²) in [7, 11) is 0. The van der Waals surface area contributed by atoms with E-state index >= 15 is 0 Å². The smallest absolute Gasteiger partial charge is 0.288 e. The Morgan fingerprint density at radius 2 is 2.11 bits per heavy atom. The van der Waals surface area contributed by atoms with Crippen molar-refractivity contribution in [1.29, 1.82) is 0 Å². The van der Waals surface area contributed by atoms with Crippen LogP contribution in [0.4, 0.5) is 5.69 Å². The number of nitrogens with two attached hydrogens (primary N) is 1. The highest BCUT2D eigenvalue weighted by atomic mass is 35.5. The van der Waals surface area contributed by atoms with E-state index in [1.807, 2.05) is 0 Å². The lowest BCUT2D eigenvalue weighted by Crippen LogP contribution is -2.27. The van der Waals surface area contributed by atoms with Crippen molar-refractivity contribution in [3.63, 3.8) is 0 Å². The van der Waals surface area contributed by atoms with Gasteiger partial charge < -0.3 is 10.5 Å². The van der Waals surface area contributed by atoms with Crippen LogP contribution in [0.1, 0.15) is 24.4 Å². The first-order valence-electron chi connectivity index (χ1n) is 5.86. The number of hydrogen-bond acceptors (Lipinski definition) is 4. The minimum Gasteiger partial charge on any atom is -0.381 e. The third-order valence-electron chi connectivity index (χ3n) is 3.33. The van der Waals surface area contributed by atoms with Crippen molar-refractivity contribution in [2.75, 3.05) is 13.2 Å². The number of halogens is 1. The van der Waals surface area contributed by atoms with Crippen LogP contribution in [0.25, 0.3) is 0 Å². The molecule has 1 heterocycles. The van der Waals surface area contributed by atoms with Gasteiger partial charge in [-0.05, 0) is 30.4 Å². The summed E-state index contributed by atoms with van der Waals surface area (Å²) in [6.07, 6.45) is 1.77. The number of nitrogens with zero attached hydrogens (tertiary/aromatic N) is 1. The minimum absolute atomic E-state index is 0.0864. The highest BCUT2D eigenvalue weighted by Crippen LogP contribution is 2.32. The van der Waals surface area contributed by atoms with Crippen LogP contribution < -0.4 is 5.73 Å². The van der Waals surface area contributed by atoms with Gasteiger partial charge in [0, 0.05) is 25.3 Å². The van der Waals surface area contributed by atoms with Gasteiger partial charge in [0.05, 0.1) is 4.92 Å². The van der Waals surface area contributed by atoms with Crippen LogP contribution in [0.3, 0.4) is 0 Å². The Bertz CT molecular complexity index is 447. The third kappa shape index (κ3) is 2.80. The number of benzene rings is 1. The fraction of sp³-hybridized carbons (Fsp3) is 0.500. The highest BCUT2D eigenvalue weighted by molar-refractivity contribution is 6.32. The summed E-state index contributed by atoms with van der Waals surface area (Å²) >= 11 is 5.78. The van der Waals surface area contributed by atoms with Crippen LogP contribution >= 0.6 is 11.6 Å². The van der Waals surface area contributed by atoms with Gasteiger partial charge in [0.1, 0.15) is 5.02 Å². The van der Waals surface area contributed by atoms with E-state index in [9.17, 15) is 10.1 Å². The number of nitro benzene ring substituents is 1. The number of nitro groups is 1. The van der Waals surface area contributed by atoms with Crippen molar-refractivity contribution < 1.29 is 9.66 Å². The molecule has 1 fully saturated rings. The first-order chi connectivity index (χ1) is 8.59. The Morgan fingerprint density at radius 1 is 1.44 bits per heavy atom. The molecule has 1 aliphatic rings. The van der Waals surface area contributed by atoms with Gasteiger partial charge in [0.25, 0.3) is 5.69 Å². The average Bonchev–Trinajstić information content (AvgIpc) is 2.39. The van der Waals surface area contributed by atoms with E-state index in [0.717, 1.165) is 18.4 Å². The molecule has 0 bridgehead atoms. The minimum atomic E-state index is -0.484. The first-order valence-corrected chi connectivity index (χ1v) is 6.24. The maximum absolute atomic E-state index is 10.8. The standard InChI is InChI=1S/C12H15ClN2O3/c13-10-2-1-9(7-11(10)15(16)17)12(14)8-3-5-18-6-4-8/h1-2,7-8,12H,3-6,14H2/t12-/m0/s1. The van der Waals surface area contributed by atoms with Crippen molar-refractivity contribution in [1.82, 2.24) is 0 Å². The molecule has 0 amide bonds. The Hall–Kier alpha value is -1.17. The molecule has 2 rings (SSSR count). The normalized spacial score (nSPS) is 18.6. The topological polar surface area (TPSA) is 78.4 Å². The van der Waals surface area contributed by atoms with E-state index in [-0.39, 0.29) is 16.8 Å². The van der Waals surface area contributed by atoms with Gasteiger partial charge >= 0.3 is 0 Å². The Balaban J connectivity index is 2.21. The maximum Gasteiger partial charge on any atom is 0.288 e. The van der Waals surface area contributed by atoms with E-state index in [1.165, 1.54) is 12.1 Å². The fourth-order valence-electron chi connectivity index (χ4n) is 2.22. The maximum atomic E-state index is 10.8. The number of rotatable bonds is 3. The molecular formula is C12H15ClN2O3. The molecule has 1 aliphatic heterocycles. The summed E-state index contributed by atoms with van der Waals surface area (Å²) in [5.74, 6) is 0.305. The highest BCUT2D eigenvalue weighted by Gasteiger charge is 2.24. The van der Waals surface area contributed by atoms with Gasteiger partial charge in [-0.15, -0.1) is 0 Å². The summed E-state index contributed by atoms with van der Waals surface area (Å²) in [6.45, 7) is 1.40. The Morgan fingerprint density at radius 3 is 2.72 bits per heavy atom. The monoisotopic (exact) mass is 270 g/mol. The Labute approximate surface area is 110 Å². The molecule has 1 saturated heterocycles. The lowest BCUT2D eigenvalue weighted by molar-refractivity contribution is -0.384. The predicted octanol–water partition coefficient (Wildman–Crippen LogP) is 2.67. The first kappa shape index (κ1) is 13.3.